The summed E-state index contributed by atoms with van der Waals surface area (Å²) in [6.07, 6.45) is -4.48. The van der Waals surface area contributed by atoms with Crippen molar-refractivity contribution in [2.75, 3.05) is 0 Å². The smallest absolute Gasteiger partial charge is 0.360 e. The summed E-state index contributed by atoms with van der Waals surface area (Å²) < 4.78 is 69.4. The number of hydrogen-bond donors (Lipinski definition) is 1. The summed E-state index contributed by atoms with van der Waals surface area (Å²) in [5.74, 6) is -0.275. The SMILES string of the molecule is Cc1cc(CS(=O)(=O)N[C@H](C)c2cccc(C(F)(F)F)c2)on1. The molecule has 0 fully saturated rings. The van der Waals surface area contributed by atoms with E-state index in [9.17, 15) is 21.6 Å². The molecular formula is C14H15F3N2O3S. The van der Waals surface area contributed by atoms with Crippen LogP contribution in [0.1, 0.15) is 35.5 Å². The van der Waals surface area contributed by atoms with E-state index < -0.39 is 33.6 Å². The van der Waals surface area contributed by atoms with E-state index >= 15 is 0 Å². The van der Waals surface area contributed by atoms with Crippen molar-refractivity contribution in [3.63, 3.8) is 0 Å². The Hall–Kier alpha value is -1.87. The van der Waals surface area contributed by atoms with Crippen LogP contribution in [0.2, 0.25) is 0 Å². The van der Waals surface area contributed by atoms with Crippen LogP contribution in [0.15, 0.2) is 34.9 Å². The number of nitrogens with zero attached hydrogens (tertiary/aromatic N) is 1. The zero-order chi connectivity index (χ0) is 17.3. The number of alkyl halides is 3. The van der Waals surface area contributed by atoms with Crippen molar-refractivity contribution in [2.45, 2.75) is 31.8 Å². The Morgan fingerprint density at radius 1 is 1.30 bits per heavy atom. The first-order valence-corrected chi connectivity index (χ1v) is 8.31. The molecule has 1 N–H and O–H groups in total. The van der Waals surface area contributed by atoms with Crippen molar-refractivity contribution in [3.8, 4) is 0 Å². The van der Waals surface area contributed by atoms with Crippen molar-refractivity contribution >= 4 is 10.0 Å². The molecule has 0 aliphatic carbocycles. The predicted octanol–water partition coefficient (Wildman–Crippen LogP) is 3.18. The highest BCUT2D eigenvalue weighted by molar-refractivity contribution is 7.88. The first-order valence-electron chi connectivity index (χ1n) is 6.66. The van der Waals surface area contributed by atoms with Gasteiger partial charge in [0.25, 0.3) is 0 Å². The zero-order valence-corrected chi connectivity index (χ0v) is 13.2. The fraction of sp³-hybridized carbons (Fsp3) is 0.357. The minimum absolute atomic E-state index is 0.159. The number of rotatable bonds is 5. The van der Waals surface area contributed by atoms with Crippen LogP contribution in [0.25, 0.3) is 0 Å². The van der Waals surface area contributed by atoms with Gasteiger partial charge in [-0.05, 0) is 31.5 Å². The molecule has 1 atom stereocenters. The second kappa shape index (κ2) is 6.32. The van der Waals surface area contributed by atoms with E-state index in [2.05, 4.69) is 9.88 Å². The molecule has 0 bridgehead atoms. The summed E-state index contributed by atoms with van der Waals surface area (Å²) in [7, 11) is -3.78. The summed E-state index contributed by atoms with van der Waals surface area (Å²) in [4.78, 5) is 0. The lowest BCUT2D eigenvalue weighted by molar-refractivity contribution is -0.137. The molecule has 1 aromatic heterocycles. The van der Waals surface area contributed by atoms with Gasteiger partial charge in [-0.3, -0.25) is 0 Å². The van der Waals surface area contributed by atoms with Gasteiger partial charge >= 0.3 is 6.18 Å². The Labute approximate surface area is 131 Å². The van der Waals surface area contributed by atoms with E-state index in [1.807, 2.05) is 0 Å². The average Bonchev–Trinajstić information content (AvgIpc) is 2.81. The molecule has 9 heteroatoms. The molecule has 126 valence electrons. The third kappa shape index (κ3) is 4.80. The summed E-state index contributed by atoms with van der Waals surface area (Å²) in [5, 5.41) is 3.58. The molecule has 0 saturated carbocycles. The van der Waals surface area contributed by atoms with Crippen molar-refractivity contribution in [2.24, 2.45) is 0 Å². The molecule has 0 radical (unpaired) electrons. The quantitative estimate of drug-likeness (QED) is 0.901. The third-order valence-electron chi connectivity index (χ3n) is 3.08. The maximum absolute atomic E-state index is 12.7. The van der Waals surface area contributed by atoms with Crippen LogP contribution in [-0.4, -0.2) is 13.6 Å². The normalized spacial score (nSPS) is 14.0. The van der Waals surface area contributed by atoms with Crippen molar-refractivity contribution in [3.05, 3.63) is 52.9 Å². The first-order chi connectivity index (χ1) is 10.6. The molecule has 0 unspecified atom stereocenters. The van der Waals surface area contributed by atoms with E-state index in [1.54, 1.807) is 6.92 Å². The Kier molecular flexibility index (Phi) is 4.81. The lowest BCUT2D eigenvalue weighted by Gasteiger charge is -2.16. The largest absolute Gasteiger partial charge is 0.416 e. The Bertz CT molecular complexity index is 785. The highest BCUT2D eigenvalue weighted by Gasteiger charge is 2.31. The van der Waals surface area contributed by atoms with Crippen molar-refractivity contribution < 1.29 is 26.1 Å². The number of sulfonamides is 1. The fourth-order valence-electron chi connectivity index (χ4n) is 2.03. The average molecular weight is 348 g/mol. The van der Waals surface area contributed by atoms with Crippen LogP contribution in [0.5, 0.6) is 0 Å². The van der Waals surface area contributed by atoms with Gasteiger partial charge in [0.05, 0.1) is 11.3 Å². The van der Waals surface area contributed by atoms with Gasteiger partial charge in [0.1, 0.15) is 5.75 Å². The number of aryl methyl sites for hydroxylation is 1. The summed E-state index contributed by atoms with van der Waals surface area (Å²) in [5.41, 5.74) is -0.0646. The van der Waals surface area contributed by atoms with Crippen LogP contribution >= 0.6 is 0 Å². The van der Waals surface area contributed by atoms with Crippen molar-refractivity contribution in [1.82, 2.24) is 9.88 Å². The maximum Gasteiger partial charge on any atom is 0.416 e. The van der Waals surface area contributed by atoms with Crippen LogP contribution in [0.4, 0.5) is 13.2 Å². The third-order valence-corrected chi connectivity index (χ3v) is 4.46. The Balaban J connectivity index is 2.13. The topological polar surface area (TPSA) is 72.2 Å². The molecule has 0 amide bonds. The van der Waals surface area contributed by atoms with Crippen LogP contribution < -0.4 is 4.72 Å². The summed E-state index contributed by atoms with van der Waals surface area (Å²) in [6.45, 7) is 3.12. The molecule has 2 rings (SSSR count). The predicted molar refractivity (Wildman–Crippen MR) is 76.9 cm³/mol. The molecule has 0 spiro atoms. The highest BCUT2D eigenvalue weighted by Crippen LogP contribution is 2.30. The molecular weight excluding hydrogens is 333 g/mol. The van der Waals surface area contributed by atoms with E-state index in [1.165, 1.54) is 25.1 Å². The van der Waals surface area contributed by atoms with Gasteiger partial charge < -0.3 is 4.52 Å². The molecule has 5 nitrogen and oxygen atoms in total. The number of hydrogen-bond acceptors (Lipinski definition) is 4. The summed E-state index contributed by atoms with van der Waals surface area (Å²) in [6, 6.07) is 5.19. The molecule has 1 heterocycles. The van der Waals surface area contributed by atoms with E-state index in [0.717, 1.165) is 12.1 Å². The van der Waals surface area contributed by atoms with Gasteiger partial charge in [-0.1, -0.05) is 17.3 Å². The van der Waals surface area contributed by atoms with Crippen LogP contribution in [-0.2, 0) is 22.0 Å². The zero-order valence-electron chi connectivity index (χ0n) is 12.4. The minimum Gasteiger partial charge on any atom is -0.360 e. The van der Waals surface area contributed by atoms with Crippen LogP contribution in [0.3, 0.4) is 0 Å². The maximum atomic E-state index is 12.7. The molecule has 2 aromatic rings. The van der Waals surface area contributed by atoms with Gasteiger partial charge in [-0.2, -0.15) is 13.2 Å². The number of halogens is 3. The second-order valence-corrected chi connectivity index (χ2v) is 6.91. The Morgan fingerprint density at radius 3 is 2.57 bits per heavy atom. The van der Waals surface area contributed by atoms with Gasteiger partial charge in [0, 0.05) is 12.1 Å². The number of nitrogens with one attached hydrogen (secondary N) is 1. The van der Waals surface area contributed by atoms with Crippen LogP contribution in [0, 0.1) is 6.92 Å². The number of aromatic nitrogens is 1. The van der Waals surface area contributed by atoms with E-state index in [4.69, 9.17) is 4.52 Å². The monoisotopic (exact) mass is 348 g/mol. The van der Waals surface area contributed by atoms with Crippen molar-refractivity contribution in [1.29, 1.82) is 0 Å². The minimum atomic E-state index is -4.48. The lowest BCUT2D eigenvalue weighted by Crippen LogP contribution is -2.28. The molecule has 23 heavy (non-hydrogen) atoms. The summed E-state index contributed by atoms with van der Waals surface area (Å²) >= 11 is 0. The number of benzene rings is 1. The molecule has 0 aliphatic heterocycles. The van der Waals surface area contributed by atoms with Gasteiger partial charge in [-0.15, -0.1) is 0 Å². The first kappa shape index (κ1) is 17.5. The molecule has 0 saturated heterocycles. The standard InChI is InChI=1S/C14H15F3N2O3S/c1-9-6-13(22-18-9)8-23(20,21)19-10(2)11-4-3-5-12(7-11)14(15,16)17/h3-7,10,19H,8H2,1-2H3/t10-/m1/s1. The molecule has 1 aromatic carbocycles. The van der Waals surface area contributed by atoms with E-state index in [-0.39, 0.29) is 11.3 Å². The lowest BCUT2D eigenvalue weighted by atomic mass is 10.1. The fourth-order valence-corrected chi connectivity index (χ4v) is 3.30. The van der Waals surface area contributed by atoms with Gasteiger partial charge in [0.2, 0.25) is 10.0 Å². The van der Waals surface area contributed by atoms with Gasteiger partial charge in [-0.25, -0.2) is 13.1 Å². The second-order valence-electron chi connectivity index (χ2n) is 5.16. The highest BCUT2D eigenvalue weighted by atomic mass is 32.2. The van der Waals surface area contributed by atoms with Gasteiger partial charge in [0.15, 0.2) is 5.76 Å². The molecule has 0 aliphatic rings. The Morgan fingerprint density at radius 2 is 2.00 bits per heavy atom. The van der Waals surface area contributed by atoms with E-state index in [0.29, 0.717) is 5.69 Å².